The monoisotopic (exact) mass is 560 g/mol. The summed E-state index contributed by atoms with van der Waals surface area (Å²) in [6.45, 7) is 5.71. The van der Waals surface area contributed by atoms with E-state index in [0.717, 1.165) is 35.6 Å². The number of nitrogens with one attached hydrogen (secondary N) is 2. The van der Waals surface area contributed by atoms with Crippen molar-refractivity contribution in [1.82, 2.24) is 24.6 Å². The molecule has 38 heavy (non-hydrogen) atoms. The van der Waals surface area contributed by atoms with E-state index < -0.39 is 10.0 Å². The molecule has 10 nitrogen and oxygen atoms in total. The number of amides is 1. The molecular weight excluding hydrogens is 524 g/mol. The third kappa shape index (κ3) is 6.36. The average Bonchev–Trinajstić information content (AvgIpc) is 3.52. The third-order valence-electron chi connectivity index (χ3n) is 6.60. The second-order valence-corrected chi connectivity index (χ2v) is 12.6. The molecule has 4 rings (SSSR count). The molecule has 0 bridgehead atoms. The number of hydrogen-bond donors (Lipinski definition) is 2. The number of nitrogens with zero attached hydrogens (tertiary/aromatic N) is 4. The highest BCUT2D eigenvalue weighted by atomic mass is 32.2. The molecule has 1 fully saturated rings. The lowest BCUT2D eigenvalue weighted by atomic mass is 9.86. The van der Waals surface area contributed by atoms with E-state index in [0.29, 0.717) is 17.2 Å². The van der Waals surface area contributed by atoms with Gasteiger partial charge in [0, 0.05) is 62.4 Å². The Hall–Kier alpha value is -2.96. The van der Waals surface area contributed by atoms with Crippen LogP contribution in [0.2, 0.25) is 0 Å². The SMILES string of the molecule is CCNS(=O)(=O)c1cc(N(C)c2nccn2C)ccc1-c1cnc(C2CCC(NC(=O)OC(C)C)CC2)s1. The van der Waals surface area contributed by atoms with Crippen molar-refractivity contribution in [2.45, 2.75) is 69.4 Å². The molecule has 3 aromatic rings. The predicted octanol–water partition coefficient (Wildman–Crippen LogP) is 4.77. The van der Waals surface area contributed by atoms with Gasteiger partial charge in [-0.25, -0.2) is 27.9 Å². The van der Waals surface area contributed by atoms with Crippen molar-refractivity contribution in [1.29, 1.82) is 0 Å². The van der Waals surface area contributed by atoms with Crippen LogP contribution in [0.4, 0.5) is 16.4 Å². The average molecular weight is 561 g/mol. The zero-order valence-corrected chi connectivity index (χ0v) is 24.1. The van der Waals surface area contributed by atoms with E-state index in [1.54, 1.807) is 25.4 Å². The number of thiazole rings is 1. The Bertz CT molecular complexity index is 1360. The van der Waals surface area contributed by atoms with Crippen LogP contribution in [-0.4, -0.2) is 54.8 Å². The molecule has 0 atom stereocenters. The molecule has 0 aliphatic heterocycles. The zero-order chi connectivity index (χ0) is 27.4. The van der Waals surface area contributed by atoms with Crippen molar-refractivity contribution in [2.75, 3.05) is 18.5 Å². The van der Waals surface area contributed by atoms with E-state index in [4.69, 9.17) is 4.74 Å². The van der Waals surface area contributed by atoms with Crippen LogP contribution >= 0.6 is 11.3 Å². The highest BCUT2D eigenvalue weighted by Gasteiger charge is 2.28. The number of anilines is 2. The van der Waals surface area contributed by atoms with Gasteiger partial charge in [-0.1, -0.05) is 13.0 Å². The van der Waals surface area contributed by atoms with Crippen molar-refractivity contribution in [3.63, 3.8) is 0 Å². The van der Waals surface area contributed by atoms with Crippen LogP contribution in [0.15, 0.2) is 41.7 Å². The number of imidazole rings is 1. The Kier molecular flexibility index (Phi) is 8.74. The van der Waals surface area contributed by atoms with Gasteiger partial charge in [-0.3, -0.25) is 0 Å². The second-order valence-electron chi connectivity index (χ2n) is 9.79. The molecule has 0 radical (unpaired) electrons. The summed E-state index contributed by atoms with van der Waals surface area (Å²) >= 11 is 1.53. The fourth-order valence-corrected chi connectivity index (χ4v) is 7.18. The molecule has 1 aliphatic rings. The summed E-state index contributed by atoms with van der Waals surface area (Å²) in [6.07, 6.45) is 8.30. The maximum absolute atomic E-state index is 13.2. The first-order chi connectivity index (χ1) is 18.1. The van der Waals surface area contributed by atoms with Gasteiger partial charge in [-0.05, 0) is 51.7 Å². The first-order valence-electron chi connectivity index (χ1n) is 12.9. The molecule has 1 aliphatic carbocycles. The fraction of sp³-hybridized carbons (Fsp3) is 0.500. The van der Waals surface area contributed by atoms with Crippen molar-refractivity contribution in [3.8, 4) is 10.4 Å². The Morgan fingerprint density at radius 2 is 1.97 bits per heavy atom. The minimum atomic E-state index is -3.74. The van der Waals surface area contributed by atoms with E-state index >= 15 is 0 Å². The number of rotatable bonds is 9. The van der Waals surface area contributed by atoms with E-state index in [2.05, 4.69) is 20.0 Å². The second kappa shape index (κ2) is 11.8. The van der Waals surface area contributed by atoms with Crippen LogP contribution in [-0.2, 0) is 21.8 Å². The zero-order valence-electron chi connectivity index (χ0n) is 22.5. The van der Waals surface area contributed by atoms with Gasteiger partial charge in [-0.15, -0.1) is 11.3 Å². The standard InChI is InChI=1S/C26H36N6O4S2/c1-6-29-38(34,35)23-15-20(32(5)25-27-13-14-31(25)4)11-12-21(23)22-16-28-24(37-22)18-7-9-19(10-8-18)30-26(33)36-17(2)3/h11-19,29H,6-10H2,1-5H3,(H,30,33). The van der Waals surface area contributed by atoms with Gasteiger partial charge in [0.2, 0.25) is 16.0 Å². The normalized spacial score (nSPS) is 17.9. The van der Waals surface area contributed by atoms with Gasteiger partial charge in [-0.2, -0.15) is 0 Å². The highest BCUT2D eigenvalue weighted by molar-refractivity contribution is 7.89. The largest absolute Gasteiger partial charge is 0.447 e. The molecule has 2 heterocycles. The first-order valence-corrected chi connectivity index (χ1v) is 15.2. The van der Waals surface area contributed by atoms with Crippen LogP contribution in [0.5, 0.6) is 0 Å². The lowest BCUT2D eigenvalue weighted by molar-refractivity contribution is 0.109. The molecule has 1 saturated carbocycles. The number of alkyl carbamates (subject to hydrolysis) is 1. The lowest BCUT2D eigenvalue weighted by Gasteiger charge is -2.28. The molecule has 12 heteroatoms. The summed E-state index contributed by atoms with van der Waals surface area (Å²) in [6, 6.07) is 5.53. The van der Waals surface area contributed by atoms with Crippen molar-refractivity contribution >= 4 is 39.1 Å². The van der Waals surface area contributed by atoms with Crippen LogP contribution in [0, 0.1) is 0 Å². The van der Waals surface area contributed by atoms with E-state index in [-0.39, 0.29) is 35.6 Å². The molecule has 1 aromatic carbocycles. The number of ether oxygens (including phenoxy) is 1. The Morgan fingerprint density at radius 3 is 2.61 bits per heavy atom. The summed E-state index contributed by atoms with van der Waals surface area (Å²) in [7, 11) is 0.00832. The molecule has 206 valence electrons. The Morgan fingerprint density at radius 1 is 1.24 bits per heavy atom. The molecule has 0 spiro atoms. The topological polar surface area (TPSA) is 118 Å². The molecule has 1 amide bonds. The molecule has 0 unspecified atom stereocenters. The maximum atomic E-state index is 13.2. The molecule has 2 N–H and O–H groups in total. The highest BCUT2D eigenvalue weighted by Crippen LogP contribution is 2.40. The van der Waals surface area contributed by atoms with Crippen LogP contribution in [0.3, 0.4) is 0 Å². The van der Waals surface area contributed by atoms with E-state index in [9.17, 15) is 13.2 Å². The minimum absolute atomic E-state index is 0.0945. The fourth-order valence-electron chi connectivity index (χ4n) is 4.71. The summed E-state index contributed by atoms with van der Waals surface area (Å²) in [5, 5.41) is 3.95. The lowest BCUT2D eigenvalue weighted by Crippen LogP contribution is -2.38. The van der Waals surface area contributed by atoms with Crippen LogP contribution in [0.1, 0.15) is 57.4 Å². The number of aromatic nitrogens is 3. The number of benzene rings is 1. The summed E-state index contributed by atoms with van der Waals surface area (Å²) in [5.74, 6) is 0.975. The van der Waals surface area contributed by atoms with Gasteiger partial charge >= 0.3 is 6.09 Å². The van der Waals surface area contributed by atoms with Crippen LogP contribution in [0.25, 0.3) is 10.4 Å². The van der Waals surface area contributed by atoms with E-state index in [1.807, 2.05) is 55.7 Å². The van der Waals surface area contributed by atoms with Gasteiger partial charge in [0.1, 0.15) is 0 Å². The molecular formula is C26H36N6O4S2. The smallest absolute Gasteiger partial charge is 0.407 e. The molecule has 2 aromatic heterocycles. The number of hydrogen-bond acceptors (Lipinski definition) is 8. The third-order valence-corrected chi connectivity index (χ3v) is 9.38. The number of sulfonamides is 1. The quantitative estimate of drug-likeness (QED) is 0.387. The van der Waals surface area contributed by atoms with E-state index in [1.165, 1.54) is 11.3 Å². The Balaban J connectivity index is 1.55. The number of carbonyl (C=O) groups is 1. The summed E-state index contributed by atoms with van der Waals surface area (Å²) < 4.78 is 36.2. The maximum Gasteiger partial charge on any atom is 0.407 e. The van der Waals surface area contributed by atoms with Gasteiger partial charge < -0.3 is 19.5 Å². The first kappa shape index (κ1) is 28.1. The predicted molar refractivity (Wildman–Crippen MR) is 149 cm³/mol. The Labute approximate surface area is 228 Å². The van der Waals surface area contributed by atoms with Crippen molar-refractivity contribution < 1.29 is 17.9 Å². The minimum Gasteiger partial charge on any atom is -0.447 e. The van der Waals surface area contributed by atoms with Crippen molar-refractivity contribution in [2.24, 2.45) is 7.05 Å². The van der Waals surface area contributed by atoms with Crippen LogP contribution < -0.4 is 14.9 Å². The molecule has 0 saturated heterocycles. The van der Waals surface area contributed by atoms with Gasteiger partial charge in [0.15, 0.2) is 0 Å². The van der Waals surface area contributed by atoms with Gasteiger partial charge in [0.05, 0.1) is 20.9 Å². The van der Waals surface area contributed by atoms with Gasteiger partial charge in [0.25, 0.3) is 0 Å². The number of carbonyl (C=O) groups excluding carboxylic acids is 1. The van der Waals surface area contributed by atoms with Crippen molar-refractivity contribution in [3.05, 3.63) is 41.8 Å². The number of aryl methyl sites for hydroxylation is 1. The summed E-state index contributed by atoms with van der Waals surface area (Å²) in [5.41, 5.74) is 1.34. The summed E-state index contributed by atoms with van der Waals surface area (Å²) in [4.78, 5) is 23.9.